The van der Waals surface area contributed by atoms with E-state index in [-0.39, 0.29) is 17.1 Å². The molecule has 2 heterocycles. The molecule has 0 spiro atoms. The Morgan fingerprint density at radius 1 is 1.06 bits per heavy atom. The van der Waals surface area contributed by atoms with Gasteiger partial charge in [0.15, 0.2) is 6.07 Å². The second-order valence-electron chi connectivity index (χ2n) is 10.8. The predicted molar refractivity (Wildman–Crippen MR) is 137 cm³/mol. The lowest BCUT2D eigenvalue weighted by atomic mass is 9.80. The summed E-state index contributed by atoms with van der Waals surface area (Å²) in [5.74, 6) is -0.555. The van der Waals surface area contributed by atoms with Crippen molar-refractivity contribution in [1.82, 2.24) is 5.06 Å². The van der Waals surface area contributed by atoms with Gasteiger partial charge < -0.3 is 9.64 Å². The van der Waals surface area contributed by atoms with Crippen LogP contribution >= 0.6 is 0 Å². The predicted octanol–water partition coefficient (Wildman–Crippen LogP) is 5.79. The highest BCUT2D eigenvalue weighted by atomic mass is 16.7. The Morgan fingerprint density at radius 3 is 2.23 bits per heavy atom. The SMILES string of the molecule is [C-]#[N+]C(C#N)(ON1C(C)(C)CCCC1(C)C)C(c1ccccc1)[C@@H]1COCCN1c1ccccc1. The van der Waals surface area contributed by atoms with Gasteiger partial charge in [-0.3, -0.25) is 4.85 Å². The Morgan fingerprint density at radius 2 is 1.66 bits per heavy atom. The van der Waals surface area contributed by atoms with Gasteiger partial charge in [-0.2, -0.15) is 10.3 Å². The first-order valence-corrected chi connectivity index (χ1v) is 12.5. The lowest BCUT2D eigenvalue weighted by Crippen LogP contribution is -2.63. The second kappa shape index (κ2) is 9.99. The topological polar surface area (TPSA) is 53.1 Å². The molecule has 35 heavy (non-hydrogen) atoms. The number of para-hydroxylation sites is 1. The van der Waals surface area contributed by atoms with Crippen molar-refractivity contribution in [1.29, 1.82) is 5.26 Å². The molecule has 0 radical (unpaired) electrons. The average Bonchev–Trinajstić information content (AvgIpc) is 2.86. The number of hydrogen-bond acceptors (Lipinski definition) is 5. The summed E-state index contributed by atoms with van der Waals surface area (Å²) in [6.45, 7) is 18.6. The van der Waals surface area contributed by atoms with Crippen molar-refractivity contribution >= 4 is 5.69 Å². The zero-order chi connectivity index (χ0) is 25.1. The number of ether oxygens (including phenoxy) is 1. The molecule has 2 saturated heterocycles. The van der Waals surface area contributed by atoms with Crippen LogP contribution in [0.25, 0.3) is 4.85 Å². The zero-order valence-electron chi connectivity index (χ0n) is 21.3. The molecule has 0 amide bonds. The van der Waals surface area contributed by atoms with Crippen molar-refractivity contribution in [3.05, 3.63) is 77.6 Å². The van der Waals surface area contributed by atoms with Crippen molar-refractivity contribution in [3.63, 3.8) is 0 Å². The molecule has 2 unspecified atom stereocenters. The molecule has 2 aromatic rings. The number of rotatable bonds is 6. The number of nitrogens with zero attached hydrogens (tertiary/aromatic N) is 4. The van der Waals surface area contributed by atoms with Gasteiger partial charge in [0.05, 0.1) is 19.3 Å². The molecular weight excluding hydrogens is 436 g/mol. The van der Waals surface area contributed by atoms with Crippen molar-refractivity contribution < 1.29 is 9.57 Å². The van der Waals surface area contributed by atoms with Crippen molar-refractivity contribution in [2.45, 2.75) is 75.7 Å². The lowest BCUT2D eigenvalue weighted by molar-refractivity contribution is -0.318. The average molecular weight is 473 g/mol. The van der Waals surface area contributed by atoms with Crippen LogP contribution in [0.2, 0.25) is 0 Å². The van der Waals surface area contributed by atoms with Gasteiger partial charge in [0.1, 0.15) is 5.92 Å². The molecule has 6 nitrogen and oxygen atoms in total. The molecule has 6 heteroatoms. The smallest absolute Gasteiger partial charge is 0.377 e. The fourth-order valence-electron chi connectivity index (χ4n) is 5.83. The van der Waals surface area contributed by atoms with Crippen LogP contribution in [0.4, 0.5) is 5.69 Å². The molecule has 0 aromatic heterocycles. The van der Waals surface area contributed by atoms with Gasteiger partial charge in [-0.15, -0.1) is 0 Å². The summed E-state index contributed by atoms with van der Waals surface area (Å²) < 4.78 is 5.97. The van der Waals surface area contributed by atoms with Crippen LogP contribution in [0.5, 0.6) is 0 Å². The van der Waals surface area contributed by atoms with Crippen LogP contribution < -0.4 is 4.90 Å². The first-order chi connectivity index (χ1) is 16.7. The Kier molecular flexibility index (Phi) is 7.20. The summed E-state index contributed by atoms with van der Waals surface area (Å²) in [5.41, 5.74) is -0.423. The number of hydrogen-bond donors (Lipinski definition) is 0. The fraction of sp³-hybridized carbons (Fsp3) is 0.517. The molecule has 4 rings (SSSR count). The number of morpholine rings is 1. The number of piperidine rings is 1. The summed E-state index contributed by atoms with van der Waals surface area (Å²) >= 11 is 0. The summed E-state index contributed by atoms with van der Waals surface area (Å²) in [7, 11) is 0. The number of hydroxylamine groups is 2. The quantitative estimate of drug-likeness (QED) is 0.498. The van der Waals surface area contributed by atoms with E-state index in [2.05, 4.69) is 55.6 Å². The molecule has 2 aliphatic heterocycles. The summed E-state index contributed by atoms with van der Waals surface area (Å²) in [5, 5.41) is 12.6. The molecule has 0 aliphatic carbocycles. The van der Waals surface area contributed by atoms with E-state index in [1.54, 1.807) is 0 Å². The third-order valence-corrected chi connectivity index (χ3v) is 7.45. The zero-order valence-corrected chi connectivity index (χ0v) is 21.3. The Hall–Kier alpha value is -2.90. The van der Waals surface area contributed by atoms with E-state index in [1.807, 2.05) is 53.6 Å². The molecule has 2 fully saturated rings. The van der Waals surface area contributed by atoms with Crippen LogP contribution in [-0.4, -0.2) is 47.7 Å². The Balaban J connectivity index is 1.84. The maximum Gasteiger partial charge on any atom is 0.449 e. The molecule has 0 N–H and O–H groups in total. The number of anilines is 1. The first-order valence-electron chi connectivity index (χ1n) is 12.5. The van der Waals surface area contributed by atoms with Crippen LogP contribution in [0.1, 0.15) is 58.4 Å². The normalized spacial score (nSPS) is 24.5. The highest BCUT2D eigenvalue weighted by molar-refractivity contribution is 5.50. The third kappa shape index (κ3) is 4.93. The minimum atomic E-state index is -1.76. The highest BCUT2D eigenvalue weighted by Gasteiger charge is 2.59. The summed E-state index contributed by atoms with van der Waals surface area (Å²) in [6.07, 6.45) is 2.96. The first kappa shape index (κ1) is 25.2. The standard InChI is InChI=1S/C29H36N4O2/c1-27(2)17-12-18-28(3,4)33(27)35-29(22-30,31-5)26(23-13-8-6-9-14-23)25-21-34-20-19-32(25)24-15-10-7-11-16-24/h6-11,13-16,25-26H,12,17-21H2,1-4H3/t25-,26?,29?/m0/s1. The summed E-state index contributed by atoms with van der Waals surface area (Å²) in [4.78, 5) is 13.0. The van der Waals surface area contributed by atoms with Gasteiger partial charge in [-0.1, -0.05) is 48.5 Å². The monoisotopic (exact) mass is 472 g/mol. The second-order valence-corrected chi connectivity index (χ2v) is 10.8. The van der Waals surface area contributed by atoms with Gasteiger partial charge in [0.25, 0.3) is 0 Å². The molecule has 0 saturated carbocycles. The van der Waals surface area contributed by atoms with Gasteiger partial charge in [0.2, 0.25) is 0 Å². The van der Waals surface area contributed by atoms with Crippen molar-refractivity contribution in [2.24, 2.45) is 0 Å². The van der Waals surface area contributed by atoms with E-state index in [1.165, 1.54) is 0 Å². The molecular formula is C29H36N4O2. The van der Waals surface area contributed by atoms with E-state index >= 15 is 0 Å². The van der Waals surface area contributed by atoms with E-state index in [0.29, 0.717) is 19.8 Å². The number of nitriles is 1. The molecule has 2 aromatic carbocycles. The Bertz CT molecular complexity index is 1040. The van der Waals surface area contributed by atoms with Crippen LogP contribution in [0.3, 0.4) is 0 Å². The maximum atomic E-state index is 10.7. The molecule has 0 bridgehead atoms. The van der Waals surface area contributed by atoms with Crippen LogP contribution in [0, 0.1) is 17.9 Å². The van der Waals surface area contributed by atoms with Gasteiger partial charge >= 0.3 is 5.72 Å². The minimum Gasteiger partial charge on any atom is -0.377 e. The maximum absolute atomic E-state index is 10.7. The van der Waals surface area contributed by atoms with E-state index in [4.69, 9.17) is 16.1 Å². The Labute approximate surface area is 209 Å². The molecule has 3 atom stereocenters. The highest BCUT2D eigenvalue weighted by Crippen LogP contribution is 2.46. The third-order valence-electron chi connectivity index (χ3n) is 7.45. The van der Waals surface area contributed by atoms with E-state index in [0.717, 1.165) is 30.5 Å². The summed E-state index contributed by atoms with van der Waals surface area (Å²) in [6, 6.07) is 22.1. The van der Waals surface area contributed by atoms with Gasteiger partial charge in [-0.05, 0) is 64.7 Å². The molecule has 2 aliphatic rings. The van der Waals surface area contributed by atoms with Crippen molar-refractivity contribution in [2.75, 3.05) is 24.7 Å². The minimum absolute atomic E-state index is 0.252. The van der Waals surface area contributed by atoms with E-state index in [9.17, 15) is 5.26 Å². The van der Waals surface area contributed by atoms with Crippen LogP contribution in [-0.2, 0) is 9.57 Å². The fourth-order valence-corrected chi connectivity index (χ4v) is 5.83. The van der Waals surface area contributed by atoms with E-state index < -0.39 is 11.6 Å². The molecule has 184 valence electrons. The number of benzene rings is 2. The van der Waals surface area contributed by atoms with Gasteiger partial charge in [-0.25, -0.2) is 11.4 Å². The van der Waals surface area contributed by atoms with Crippen molar-refractivity contribution in [3.8, 4) is 6.07 Å². The largest absolute Gasteiger partial charge is 0.449 e. The lowest BCUT2D eigenvalue weighted by Gasteiger charge is -2.52. The van der Waals surface area contributed by atoms with Gasteiger partial charge in [0, 0.05) is 23.3 Å². The van der Waals surface area contributed by atoms with Crippen LogP contribution in [0.15, 0.2) is 60.7 Å².